The minimum absolute atomic E-state index is 0.0281. The molecule has 0 aromatic heterocycles. The third-order valence-corrected chi connectivity index (χ3v) is 5.92. The number of amides is 2. The molecule has 3 fully saturated rings. The predicted molar refractivity (Wildman–Crippen MR) is 78.4 cm³/mol. The molecule has 2 saturated carbocycles. The van der Waals surface area contributed by atoms with Crippen LogP contribution in [0.5, 0.6) is 0 Å². The highest BCUT2D eigenvalue weighted by atomic mass is 16.2. The van der Waals surface area contributed by atoms with E-state index in [0.717, 1.165) is 11.3 Å². The van der Waals surface area contributed by atoms with Crippen molar-refractivity contribution in [1.29, 1.82) is 0 Å². The summed E-state index contributed by atoms with van der Waals surface area (Å²) >= 11 is 0. The van der Waals surface area contributed by atoms with Crippen LogP contribution in [-0.2, 0) is 9.59 Å². The maximum absolute atomic E-state index is 12.9. The monoisotopic (exact) mass is 279 g/mol. The molecular formula is C18H17NO2. The molecule has 6 rings (SSSR count). The number of hydrogen-bond donors (Lipinski definition) is 0. The first-order valence-electron chi connectivity index (χ1n) is 7.79. The van der Waals surface area contributed by atoms with E-state index in [2.05, 4.69) is 12.2 Å². The van der Waals surface area contributed by atoms with Gasteiger partial charge in [-0.25, -0.2) is 0 Å². The Kier molecular flexibility index (Phi) is 2.04. The van der Waals surface area contributed by atoms with Crippen molar-refractivity contribution in [2.75, 3.05) is 4.90 Å². The van der Waals surface area contributed by atoms with Crippen molar-refractivity contribution in [3.8, 4) is 0 Å². The van der Waals surface area contributed by atoms with Crippen LogP contribution in [0.3, 0.4) is 0 Å². The first kappa shape index (κ1) is 11.7. The Hall–Kier alpha value is -1.90. The van der Waals surface area contributed by atoms with Crippen LogP contribution in [0.15, 0.2) is 36.4 Å². The number of benzene rings is 1. The van der Waals surface area contributed by atoms with E-state index in [1.165, 1.54) is 11.3 Å². The topological polar surface area (TPSA) is 37.4 Å². The number of imide groups is 1. The first-order valence-corrected chi connectivity index (χ1v) is 7.79. The van der Waals surface area contributed by atoms with Crippen LogP contribution >= 0.6 is 0 Å². The van der Waals surface area contributed by atoms with E-state index in [4.69, 9.17) is 0 Å². The van der Waals surface area contributed by atoms with Crippen LogP contribution in [0.4, 0.5) is 5.69 Å². The van der Waals surface area contributed by atoms with Gasteiger partial charge >= 0.3 is 0 Å². The van der Waals surface area contributed by atoms with Gasteiger partial charge in [-0.2, -0.15) is 0 Å². The van der Waals surface area contributed by atoms with Gasteiger partial charge in [0.05, 0.1) is 17.5 Å². The van der Waals surface area contributed by atoms with Gasteiger partial charge in [0, 0.05) is 0 Å². The summed E-state index contributed by atoms with van der Waals surface area (Å²) in [4.78, 5) is 27.2. The summed E-state index contributed by atoms with van der Waals surface area (Å²) in [5, 5.41) is 0. The van der Waals surface area contributed by atoms with Crippen molar-refractivity contribution in [3.63, 3.8) is 0 Å². The van der Waals surface area contributed by atoms with Crippen LogP contribution in [0.25, 0.3) is 0 Å². The number of rotatable bonds is 1. The largest absolute Gasteiger partial charge is 0.274 e. The summed E-state index contributed by atoms with van der Waals surface area (Å²) in [7, 11) is 0. The minimum Gasteiger partial charge on any atom is -0.274 e. The normalized spacial score (nSPS) is 42.2. The van der Waals surface area contributed by atoms with Gasteiger partial charge in [0.1, 0.15) is 0 Å². The van der Waals surface area contributed by atoms with Crippen LogP contribution in [0.1, 0.15) is 12.0 Å². The van der Waals surface area contributed by atoms with Gasteiger partial charge in [-0.1, -0.05) is 24.3 Å². The molecule has 1 aliphatic heterocycles. The molecule has 1 aromatic carbocycles. The predicted octanol–water partition coefficient (Wildman–Crippen LogP) is 2.55. The molecule has 1 aromatic rings. The second kappa shape index (κ2) is 3.65. The number of carbonyl (C=O) groups excluding carboxylic acids is 2. The highest BCUT2D eigenvalue weighted by molar-refractivity contribution is 6.22. The van der Waals surface area contributed by atoms with E-state index in [1.54, 1.807) is 0 Å². The summed E-state index contributed by atoms with van der Waals surface area (Å²) in [5.74, 6) is 1.78. The van der Waals surface area contributed by atoms with Crippen LogP contribution in [0, 0.1) is 42.4 Å². The molecule has 3 nitrogen and oxygen atoms in total. The summed E-state index contributed by atoms with van der Waals surface area (Å²) < 4.78 is 0. The van der Waals surface area contributed by atoms with E-state index in [9.17, 15) is 9.59 Å². The number of allylic oxidation sites excluding steroid dienone is 2. The molecule has 0 N–H and O–H groups in total. The van der Waals surface area contributed by atoms with E-state index in [0.29, 0.717) is 23.7 Å². The highest BCUT2D eigenvalue weighted by Crippen LogP contribution is 2.65. The fourth-order valence-corrected chi connectivity index (χ4v) is 4.98. The van der Waals surface area contributed by atoms with Crippen molar-refractivity contribution >= 4 is 17.5 Å². The second-order valence-corrected chi connectivity index (χ2v) is 7.01. The lowest BCUT2D eigenvalue weighted by Gasteiger charge is -2.37. The van der Waals surface area contributed by atoms with Crippen molar-refractivity contribution < 1.29 is 9.59 Å². The summed E-state index contributed by atoms with van der Waals surface area (Å²) in [6.45, 7) is 1.99. The van der Waals surface area contributed by atoms with Gasteiger partial charge in [-0.05, 0) is 54.7 Å². The zero-order valence-corrected chi connectivity index (χ0v) is 11.9. The zero-order chi connectivity index (χ0) is 14.3. The number of carbonyl (C=O) groups is 2. The van der Waals surface area contributed by atoms with Crippen LogP contribution in [0.2, 0.25) is 0 Å². The van der Waals surface area contributed by atoms with E-state index >= 15 is 0 Å². The van der Waals surface area contributed by atoms with Crippen molar-refractivity contribution in [1.82, 2.24) is 0 Å². The molecule has 1 saturated heterocycles. The van der Waals surface area contributed by atoms with Gasteiger partial charge in [-0.15, -0.1) is 0 Å². The molecule has 4 aliphatic carbocycles. The van der Waals surface area contributed by atoms with Gasteiger partial charge in [-0.3, -0.25) is 14.5 Å². The molecule has 3 heteroatoms. The smallest absolute Gasteiger partial charge is 0.238 e. The van der Waals surface area contributed by atoms with E-state index in [1.807, 2.05) is 31.2 Å². The van der Waals surface area contributed by atoms with Crippen molar-refractivity contribution in [3.05, 3.63) is 42.0 Å². The van der Waals surface area contributed by atoms with Gasteiger partial charge < -0.3 is 0 Å². The lowest BCUT2D eigenvalue weighted by molar-refractivity contribution is -0.124. The molecule has 0 spiro atoms. The molecule has 5 aliphatic rings. The molecule has 2 bridgehead atoms. The number of aryl methyl sites for hydroxylation is 1. The number of anilines is 1. The molecule has 2 amide bonds. The molecule has 106 valence electrons. The Morgan fingerprint density at radius 3 is 2.19 bits per heavy atom. The molecule has 1 heterocycles. The fourth-order valence-electron chi connectivity index (χ4n) is 4.98. The molecular weight excluding hydrogens is 262 g/mol. The van der Waals surface area contributed by atoms with Crippen LogP contribution in [-0.4, -0.2) is 11.8 Å². The summed E-state index contributed by atoms with van der Waals surface area (Å²) in [5.41, 5.74) is 1.82. The number of hydrogen-bond acceptors (Lipinski definition) is 2. The summed E-state index contributed by atoms with van der Waals surface area (Å²) in [6, 6.07) is 7.71. The van der Waals surface area contributed by atoms with Crippen molar-refractivity contribution in [2.45, 2.75) is 13.3 Å². The van der Waals surface area contributed by atoms with Gasteiger partial charge in [0.2, 0.25) is 11.8 Å². The maximum atomic E-state index is 12.9. The third-order valence-electron chi connectivity index (χ3n) is 5.92. The highest BCUT2D eigenvalue weighted by Gasteiger charge is 2.67. The Bertz CT molecular complexity index is 671. The van der Waals surface area contributed by atoms with Crippen LogP contribution < -0.4 is 4.90 Å². The Labute approximate surface area is 123 Å². The SMILES string of the molecule is Cc1cccc(N2C(=O)[C@H]3[C@@H]4C=C[C@@H]([C@H]5C[C@H]45)[C@@H]3C2=O)c1. The molecule has 0 radical (unpaired) electrons. The fraction of sp³-hybridized carbons (Fsp3) is 0.444. The van der Waals surface area contributed by atoms with E-state index in [-0.39, 0.29) is 23.7 Å². The van der Waals surface area contributed by atoms with Gasteiger partial charge in [0.15, 0.2) is 0 Å². The Morgan fingerprint density at radius 1 is 1.00 bits per heavy atom. The third kappa shape index (κ3) is 1.34. The zero-order valence-electron chi connectivity index (χ0n) is 11.9. The lowest BCUT2D eigenvalue weighted by Crippen LogP contribution is -2.40. The Morgan fingerprint density at radius 2 is 1.62 bits per heavy atom. The lowest BCUT2D eigenvalue weighted by atomic mass is 9.63. The number of nitrogens with zero attached hydrogens (tertiary/aromatic N) is 1. The second-order valence-electron chi connectivity index (χ2n) is 7.01. The molecule has 21 heavy (non-hydrogen) atoms. The average molecular weight is 279 g/mol. The molecule has 6 atom stereocenters. The van der Waals surface area contributed by atoms with Gasteiger partial charge in [0.25, 0.3) is 0 Å². The minimum atomic E-state index is -0.100. The molecule has 0 unspecified atom stereocenters. The standard InChI is InChI=1S/C18H17NO2/c1-9-3-2-4-10(7-9)19-17(20)15-11-5-6-12(14-8-13(11)14)16(15)18(19)21/h2-7,11-16H,8H2,1H3/t11-,12+,13-,14-,15+,16+/m1/s1. The average Bonchev–Trinajstić information content (AvgIpc) is 3.24. The first-order chi connectivity index (χ1) is 10.2. The quantitative estimate of drug-likeness (QED) is 0.585. The van der Waals surface area contributed by atoms with Crippen molar-refractivity contribution in [2.24, 2.45) is 35.5 Å². The van der Waals surface area contributed by atoms with E-state index < -0.39 is 0 Å². The maximum Gasteiger partial charge on any atom is 0.238 e. The summed E-state index contributed by atoms with van der Waals surface area (Å²) in [6.07, 6.45) is 5.64. The Balaban J connectivity index is 1.60.